The number of carbonyl (C=O) groups is 3. The van der Waals surface area contributed by atoms with Crippen LogP contribution in [-0.4, -0.2) is 82.6 Å². The Morgan fingerprint density at radius 1 is 0.767 bits per heavy atom. The fraction of sp³-hybridized carbons (Fsp3) is 0.267. The van der Waals surface area contributed by atoms with E-state index in [0.717, 1.165) is 43.7 Å². The minimum absolute atomic E-state index is 0.160. The summed E-state index contributed by atoms with van der Waals surface area (Å²) in [6.07, 6.45) is -1.33. The first-order valence-corrected chi connectivity index (χ1v) is 19.3. The predicted octanol–water partition coefficient (Wildman–Crippen LogP) is 8.11. The summed E-state index contributed by atoms with van der Waals surface area (Å²) in [5.74, 6) is -3.49. The number of para-hydroxylation sites is 1. The summed E-state index contributed by atoms with van der Waals surface area (Å²) in [6.45, 7) is 3.61. The van der Waals surface area contributed by atoms with Crippen LogP contribution in [0.4, 0.5) is 32.4 Å². The van der Waals surface area contributed by atoms with E-state index in [0.29, 0.717) is 42.2 Å². The van der Waals surface area contributed by atoms with Gasteiger partial charge in [-0.25, -0.2) is 23.4 Å². The van der Waals surface area contributed by atoms with Gasteiger partial charge >= 0.3 is 18.2 Å². The number of carbonyl (C=O) groups excluding carboxylic acids is 2. The zero-order valence-corrected chi connectivity index (χ0v) is 32.2. The number of likely N-dealkylation sites (tertiary alicyclic amines) is 1. The van der Waals surface area contributed by atoms with Gasteiger partial charge in [-0.3, -0.25) is 19.6 Å². The normalized spacial score (nSPS) is 16.8. The molecule has 0 bridgehead atoms. The monoisotopic (exact) mass is 825 g/mol. The molecule has 1 fully saturated rings. The number of nitrogens with zero attached hydrogens (tertiary/aromatic N) is 5. The van der Waals surface area contributed by atoms with E-state index in [1.807, 2.05) is 60.7 Å². The molecule has 1 N–H and O–H groups in total. The number of hydrogen-bond donors (Lipinski definition) is 1. The topological polar surface area (TPSA) is 116 Å². The van der Waals surface area contributed by atoms with Gasteiger partial charge in [-0.2, -0.15) is 13.2 Å². The lowest BCUT2D eigenvalue weighted by atomic mass is 9.74. The fourth-order valence-corrected chi connectivity index (χ4v) is 8.06. The van der Waals surface area contributed by atoms with Crippen molar-refractivity contribution in [3.05, 3.63) is 167 Å². The Balaban J connectivity index is 0.000000716. The third-order valence-electron chi connectivity index (χ3n) is 11.1. The van der Waals surface area contributed by atoms with Gasteiger partial charge in [0.15, 0.2) is 11.4 Å². The Bertz CT molecular complexity index is 2290. The summed E-state index contributed by atoms with van der Waals surface area (Å²) in [7, 11) is 0. The molecule has 0 atom stereocenters. The van der Waals surface area contributed by atoms with Crippen molar-refractivity contribution in [2.24, 2.45) is 4.99 Å². The molecule has 1 aromatic heterocycles. The highest BCUT2D eigenvalue weighted by Crippen LogP contribution is 2.47. The Kier molecular flexibility index (Phi) is 12.1. The molecule has 10 nitrogen and oxygen atoms in total. The molecule has 0 radical (unpaired) electrons. The Hall–Kier alpha value is -6.48. The molecule has 0 unspecified atom stereocenters. The number of aromatic nitrogens is 1. The second-order valence-corrected chi connectivity index (χ2v) is 14.8. The number of amidine groups is 1. The van der Waals surface area contributed by atoms with Gasteiger partial charge in [0.2, 0.25) is 0 Å². The van der Waals surface area contributed by atoms with Crippen molar-refractivity contribution in [3.63, 3.8) is 0 Å². The summed E-state index contributed by atoms with van der Waals surface area (Å²) in [5.41, 5.74) is 2.88. The Morgan fingerprint density at radius 3 is 1.93 bits per heavy atom. The predicted molar refractivity (Wildman–Crippen MR) is 212 cm³/mol. The van der Waals surface area contributed by atoms with Crippen molar-refractivity contribution in [2.75, 3.05) is 37.6 Å². The fourth-order valence-electron chi connectivity index (χ4n) is 8.06. The summed E-state index contributed by atoms with van der Waals surface area (Å²) in [6, 6.07) is 34.8. The molecule has 60 heavy (non-hydrogen) atoms. The van der Waals surface area contributed by atoms with E-state index in [4.69, 9.17) is 19.6 Å². The zero-order valence-electron chi connectivity index (χ0n) is 32.2. The largest absolute Gasteiger partial charge is 0.490 e. The number of halogens is 5. The van der Waals surface area contributed by atoms with Crippen LogP contribution in [0.1, 0.15) is 47.2 Å². The first-order valence-electron chi connectivity index (χ1n) is 19.3. The number of pyridine rings is 1. The standard InChI is InChI=1S/C43H39F2N5O3.C2HF3O2/c44-34-18-14-32(15-19-34)43(33-16-20-35(45)21-17-33)40(51)49(39(47-43)37-12-6-7-24-46-37)26-8-25-48-27-22-42(23-28-48)30-50(38-13-5-4-11-36(38)42)41(52)53-29-31-9-2-1-3-10-31;3-2(4,5)1(6)7/h1-7,9-21,24H,8,22-23,25-30H2;(H,6,7). The minimum atomic E-state index is -5.08. The molecular weight excluding hydrogens is 786 g/mol. The number of rotatable bonds is 9. The highest BCUT2D eigenvalue weighted by Gasteiger charge is 2.52. The first-order chi connectivity index (χ1) is 28.8. The van der Waals surface area contributed by atoms with Crippen LogP contribution in [-0.2, 0) is 31.9 Å². The van der Waals surface area contributed by atoms with Gasteiger partial charge in [0.1, 0.15) is 23.9 Å². The van der Waals surface area contributed by atoms with Crippen LogP contribution in [0, 0.1) is 11.6 Å². The van der Waals surface area contributed by atoms with Gasteiger partial charge in [0, 0.05) is 24.7 Å². The number of hydrogen-bond acceptors (Lipinski definition) is 7. The number of anilines is 1. The molecule has 310 valence electrons. The van der Waals surface area contributed by atoms with Crippen LogP contribution >= 0.6 is 0 Å². The number of alkyl halides is 3. The first kappa shape index (κ1) is 41.7. The Morgan fingerprint density at radius 2 is 1.35 bits per heavy atom. The molecular formula is C45H40F5N5O5. The average molecular weight is 826 g/mol. The molecule has 3 aliphatic heterocycles. The van der Waals surface area contributed by atoms with Gasteiger partial charge in [-0.15, -0.1) is 0 Å². The minimum Gasteiger partial charge on any atom is -0.475 e. The molecule has 1 saturated heterocycles. The zero-order chi connectivity index (χ0) is 42.5. The van der Waals surface area contributed by atoms with Gasteiger partial charge in [-0.05, 0) is 104 Å². The maximum atomic E-state index is 14.7. The number of fused-ring (bicyclic) bond motifs is 2. The summed E-state index contributed by atoms with van der Waals surface area (Å²) < 4.78 is 65.7. The van der Waals surface area contributed by atoms with Crippen LogP contribution in [0.15, 0.2) is 133 Å². The van der Waals surface area contributed by atoms with Gasteiger partial charge < -0.3 is 14.7 Å². The number of amides is 2. The number of carboxylic acids is 1. The molecule has 5 aromatic rings. The lowest BCUT2D eigenvalue weighted by molar-refractivity contribution is -0.192. The molecule has 4 heterocycles. The number of benzene rings is 4. The summed E-state index contributed by atoms with van der Waals surface area (Å²) in [4.78, 5) is 52.4. The van der Waals surface area contributed by atoms with E-state index in [2.05, 4.69) is 16.0 Å². The molecule has 0 saturated carbocycles. The van der Waals surface area contributed by atoms with Crippen molar-refractivity contribution >= 4 is 29.5 Å². The average Bonchev–Trinajstić information content (AvgIpc) is 3.73. The highest BCUT2D eigenvalue weighted by atomic mass is 19.4. The number of aliphatic carboxylic acids is 1. The second kappa shape index (κ2) is 17.4. The van der Waals surface area contributed by atoms with E-state index in [-0.39, 0.29) is 24.0 Å². The van der Waals surface area contributed by atoms with Crippen molar-refractivity contribution in [1.82, 2.24) is 14.8 Å². The quantitative estimate of drug-likeness (QED) is 0.149. The maximum absolute atomic E-state index is 14.7. The van der Waals surface area contributed by atoms with E-state index in [1.165, 1.54) is 29.8 Å². The van der Waals surface area contributed by atoms with Crippen molar-refractivity contribution in [2.45, 2.75) is 43.0 Å². The smallest absolute Gasteiger partial charge is 0.475 e. The van der Waals surface area contributed by atoms with Crippen molar-refractivity contribution in [1.29, 1.82) is 0 Å². The number of carboxylic acid groups (broad SMARTS) is 1. The lowest BCUT2D eigenvalue weighted by Gasteiger charge is -2.40. The second-order valence-electron chi connectivity index (χ2n) is 14.8. The molecule has 8 rings (SSSR count). The number of ether oxygens (including phenoxy) is 1. The van der Waals surface area contributed by atoms with E-state index in [1.54, 1.807) is 46.3 Å². The Labute approximate surface area is 342 Å². The summed E-state index contributed by atoms with van der Waals surface area (Å²) >= 11 is 0. The van der Waals surface area contributed by atoms with E-state index in [9.17, 15) is 31.5 Å². The molecule has 3 aliphatic rings. The third kappa shape index (κ3) is 8.62. The van der Waals surface area contributed by atoms with Crippen LogP contribution in [0.5, 0.6) is 0 Å². The maximum Gasteiger partial charge on any atom is 0.490 e. The molecule has 0 aliphatic carbocycles. The van der Waals surface area contributed by atoms with E-state index < -0.39 is 29.3 Å². The molecule has 2 amide bonds. The van der Waals surface area contributed by atoms with Crippen molar-refractivity contribution in [3.8, 4) is 0 Å². The van der Waals surface area contributed by atoms with Crippen molar-refractivity contribution < 1.29 is 46.2 Å². The highest BCUT2D eigenvalue weighted by molar-refractivity contribution is 6.16. The van der Waals surface area contributed by atoms with Gasteiger partial charge in [-0.1, -0.05) is 78.9 Å². The van der Waals surface area contributed by atoms with Crippen LogP contribution in [0.2, 0.25) is 0 Å². The van der Waals surface area contributed by atoms with Gasteiger partial charge in [0.05, 0.1) is 5.69 Å². The molecule has 15 heteroatoms. The number of aliphatic imine (C=N–C) groups is 1. The molecule has 4 aromatic carbocycles. The van der Waals surface area contributed by atoms with Gasteiger partial charge in [0.25, 0.3) is 5.91 Å². The summed E-state index contributed by atoms with van der Waals surface area (Å²) in [5, 5.41) is 7.12. The SMILES string of the molecule is O=C(O)C(F)(F)F.O=C(OCc1ccccc1)N1CC2(CCN(CCCN3C(=O)C(c4ccc(F)cc4)(c4ccc(F)cc4)N=C3c3ccccn3)CC2)c2ccccc21. The van der Waals surface area contributed by atoms with Crippen LogP contribution < -0.4 is 4.90 Å². The third-order valence-corrected chi connectivity index (χ3v) is 11.1. The van der Waals surface area contributed by atoms with Crippen LogP contribution in [0.3, 0.4) is 0 Å². The number of piperidine rings is 1. The lowest BCUT2D eigenvalue weighted by Crippen LogP contribution is -2.47. The van der Waals surface area contributed by atoms with E-state index >= 15 is 0 Å². The van der Waals surface area contributed by atoms with Crippen LogP contribution in [0.25, 0.3) is 0 Å². The molecule has 1 spiro atoms.